The lowest BCUT2D eigenvalue weighted by Gasteiger charge is -2.32. The molecule has 0 bridgehead atoms. The normalized spacial score (nSPS) is 15.7. The van der Waals surface area contributed by atoms with Crippen molar-refractivity contribution in [1.82, 2.24) is 19.5 Å². The first-order valence-corrected chi connectivity index (χ1v) is 16.6. The summed E-state index contributed by atoms with van der Waals surface area (Å²) in [5, 5.41) is 4.70. The first-order valence-electron chi connectivity index (χ1n) is 12.7. The molecule has 200 valence electrons. The van der Waals surface area contributed by atoms with Crippen LogP contribution in [-0.2, 0) is 26.1 Å². The summed E-state index contributed by atoms with van der Waals surface area (Å²) in [6, 6.07) is 19.3. The molecule has 0 unspecified atom stereocenters. The Balaban J connectivity index is 1.30. The van der Waals surface area contributed by atoms with E-state index in [4.69, 9.17) is 10.1 Å². The molecule has 0 aliphatic carbocycles. The maximum absolute atomic E-state index is 11.8. The second kappa shape index (κ2) is 10.6. The highest BCUT2D eigenvalue weighted by molar-refractivity contribution is 7.91. The van der Waals surface area contributed by atoms with Crippen LogP contribution in [-0.4, -0.2) is 74.2 Å². The minimum Gasteiger partial charge on any atom is -0.302 e. The van der Waals surface area contributed by atoms with E-state index in [0.29, 0.717) is 18.9 Å². The van der Waals surface area contributed by atoms with Crippen molar-refractivity contribution in [1.29, 1.82) is 0 Å². The predicted molar refractivity (Wildman–Crippen MR) is 149 cm³/mol. The Morgan fingerprint density at radius 2 is 1.66 bits per heavy atom. The lowest BCUT2D eigenvalue weighted by Crippen LogP contribution is -2.36. The number of fused-ring (bicyclic) bond motifs is 1. The summed E-state index contributed by atoms with van der Waals surface area (Å²) in [5.41, 5.74) is 4.96. The molecular weight excluding hydrogens is 520 g/mol. The average molecular weight is 553 g/mol. The molecule has 1 aliphatic rings. The molecule has 1 fully saturated rings. The molecule has 0 N–H and O–H groups in total. The quantitative estimate of drug-likeness (QED) is 0.329. The maximum Gasteiger partial charge on any atom is 0.175 e. The molecular formula is C28H32N4O4S2. The van der Waals surface area contributed by atoms with Gasteiger partial charge in [0, 0.05) is 37.2 Å². The third-order valence-corrected chi connectivity index (χ3v) is 9.20. The first-order chi connectivity index (χ1) is 18.0. The van der Waals surface area contributed by atoms with E-state index >= 15 is 0 Å². The van der Waals surface area contributed by atoms with Crippen LogP contribution in [0.3, 0.4) is 0 Å². The van der Waals surface area contributed by atoms with E-state index in [0.717, 1.165) is 54.1 Å². The van der Waals surface area contributed by atoms with E-state index in [2.05, 4.69) is 29.2 Å². The molecule has 2 aromatic carbocycles. The van der Waals surface area contributed by atoms with Gasteiger partial charge in [-0.25, -0.2) is 26.3 Å². The fourth-order valence-corrected chi connectivity index (χ4v) is 6.28. The van der Waals surface area contributed by atoms with Gasteiger partial charge in [-0.3, -0.25) is 0 Å². The Bertz CT molecular complexity index is 1650. The standard InChI is InChI=1S/C28H32N4O4S2/c1-37(33,34)18-17-31-15-12-22(13-16-31)24-6-3-5-21(19-24)20-27-29-28-26(7-4-14-32(28)30-27)23-8-10-25(11-9-23)38(2,35)36/h3-11,14,19,22H,12-13,15-18,20H2,1-2H3. The molecule has 0 saturated carbocycles. The summed E-state index contributed by atoms with van der Waals surface area (Å²) in [7, 11) is -6.19. The van der Waals surface area contributed by atoms with Crippen LogP contribution in [0.25, 0.3) is 16.8 Å². The Labute approximate surface area is 224 Å². The van der Waals surface area contributed by atoms with Crippen molar-refractivity contribution >= 4 is 25.3 Å². The minimum atomic E-state index is -3.26. The minimum absolute atomic E-state index is 0.215. The smallest absolute Gasteiger partial charge is 0.175 e. The molecule has 10 heteroatoms. The highest BCUT2D eigenvalue weighted by atomic mass is 32.2. The van der Waals surface area contributed by atoms with Gasteiger partial charge < -0.3 is 4.90 Å². The van der Waals surface area contributed by atoms with Crippen molar-refractivity contribution in [3.63, 3.8) is 0 Å². The number of hydrogen-bond donors (Lipinski definition) is 0. The number of nitrogens with zero attached hydrogens (tertiary/aromatic N) is 4. The van der Waals surface area contributed by atoms with Crippen molar-refractivity contribution in [2.75, 3.05) is 37.9 Å². The molecule has 3 heterocycles. The molecule has 5 rings (SSSR count). The summed E-state index contributed by atoms with van der Waals surface area (Å²) < 4.78 is 48.4. The predicted octanol–water partition coefficient (Wildman–Crippen LogP) is 3.61. The van der Waals surface area contributed by atoms with E-state index in [1.165, 1.54) is 18.1 Å². The Hall–Kier alpha value is -3.08. The molecule has 1 saturated heterocycles. The number of hydrogen-bond acceptors (Lipinski definition) is 7. The number of likely N-dealkylation sites (tertiary alicyclic amines) is 1. The van der Waals surface area contributed by atoms with Gasteiger partial charge in [0.2, 0.25) is 0 Å². The number of benzene rings is 2. The average Bonchev–Trinajstić information content (AvgIpc) is 3.29. The van der Waals surface area contributed by atoms with Crippen LogP contribution >= 0.6 is 0 Å². The number of aromatic nitrogens is 3. The second-order valence-electron chi connectivity index (χ2n) is 10.2. The van der Waals surface area contributed by atoms with Crippen molar-refractivity contribution in [2.24, 2.45) is 0 Å². The first kappa shape index (κ1) is 26.5. The molecule has 4 aromatic rings. The maximum atomic E-state index is 11.8. The van der Waals surface area contributed by atoms with E-state index in [9.17, 15) is 16.8 Å². The van der Waals surface area contributed by atoms with E-state index in [1.54, 1.807) is 28.8 Å². The highest BCUT2D eigenvalue weighted by Crippen LogP contribution is 2.29. The zero-order valence-electron chi connectivity index (χ0n) is 21.6. The summed E-state index contributed by atoms with van der Waals surface area (Å²) in [4.78, 5) is 7.36. The van der Waals surface area contributed by atoms with E-state index in [-0.39, 0.29) is 10.6 Å². The monoisotopic (exact) mass is 552 g/mol. The molecule has 0 radical (unpaired) electrons. The van der Waals surface area contributed by atoms with E-state index < -0.39 is 19.7 Å². The van der Waals surface area contributed by atoms with Crippen LogP contribution in [0.1, 0.15) is 35.7 Å². The Morgan fingerprint density at radius 1 is 0.921 bits per heavy atom. The number of piperidine rings is 1. The third-order valence-electron chi connectivity index (χ3n) is 7.15. The molecule has 0 spiro atoms. The SMILES string of the molecule is CS(=O)(=O)CCN1CCC(c2cccc(Cc3nc4c(-c5ccc(S(C)(=O)=O)cc5)cccn4n3)c2)CC1. The fourth-order valence-electron chi connectivity index (χ4n) is 5.06. The van der Waals surface area contributed by atoms with Crippen molar-refractivity contribution in [2.45, 2.75) is 30.1 Å². The van der Waals surface area contributed by atoms with Crippen molar-refractivity contribution in [3.8, 4) is 11.1 Å². The van der Waals surface area contributed by atoms with Gasteiger partial charge >= 0.3 is 0 Å². The van der Waals surface area contributed by atoms with Gasteiger partial charge in [0.25, 0.3) is 0 Å². The fraction of sp³-hybridized carbons (Fsp3) is 0.357. The topological polar surface area (TPSA) is 102 Å². The van der Waals surface area contributed by atoms with Crippen LogP contribution < -0.4 is 0 Å². The van der Waals surface area contributed by atoms with Gasteiger partial charge in [0.05, 0.1) is 10.6 Å². The van der Waals surface area contributed by atoms with E-state index in [1.807, 2.05) is 18.3 Å². The van der Waals surface area contributed by atoms with Crippen LogP contribution in [0.2, 0.25) is 0 Å². The van der Waals surface area contributed by atoms with Gasteiger partial charge in [-0.15, -0.1) is 0 Å². The van der Waals surface area contributed by atoms with Crippen LogP contribution in [0, 0.1) is 0 Å². The highest BCUT2D eigenvalue weighted by Gasteiger charge is 2.22. The van der Waals surface area contributed by atoms with Gasteiger partial charge in [-0.2, -0.15) is 5.10 Å². The van der Waals surface area contributed by atoms with Gasteiger partial charge in [-0.05, 0) is 72.8 Å². The zero-order chi connectivity index (χ0) is 26.9. The number of sulfone groups is 2. The molecule has 0 atom stereocenters. The van der Waals surface area contributed by atoms with Crippen LogP contribution in [0.4, 0.5) is 0 Å². The van der Waals surface area contributed by atoms with Gasteiger partial charge in [0.1, 0.15) is 9.84 Å². The lowest BCUT2D eigenvalue weighted by molar-refractivity contribution is 0.223. The van der Waals surface area contributed by atoms with Gasteiger partial charge in [-0.1, -0.05) is 36.4 Å². The largest absolute Gasteiger partial charge is 0.302 e. The van der Waals surface area contributed by atoms with Crippen LogP contribution in [0.15, 0.2) is 71.8 Å². The summed E-state index contributed by atoms with van der Waals surface area (Å²) in [6.45, 7) is 2.42. The molecule has 0 amide bonds. The lowest BCUT2D eigenvalue weighted by atomic mass is 9.88. The summed E-state index contributed by atoms with van der Waals surface area (Å²) >= 11 is 0. The van der Waals surface area contributed by atoms with Crippen molar-refractivity contribution in [3.05, 3.63) is 83.8 Å². The van der Waals surface area contributed by atoms with Crippen LogP contribution in [0.5, 0.6) is 0 Å². The van der Waals surface area contributed by atoms with Crippen molar-refractivity contribution < 1.29 is 16.8 Å². The molecule has 38 heavy (non-hydrogen) atoms. The molecule has 8 nitrogen and oxygen atoms in total. The molecule has 2 aromatic heterocycles. The number of pyridine rings is 1. The summed E-state index contributed by atoms with van der Waals surface area (Å²) in [6.07, 6.45) is 7.00. The molecule has 1 aliphatic heterocycles. The second-order valence-corrected chi connectivity index (χ2v) is 14.5. The summed E-state index contributed by atoms with van der Waals surface area (Å²) in [5.74, 6) is 1.39. The Kier molecular flexibility index (Phi) is 7.39. The Morgan fingerprint density at radius 3 is 2.34 bits per heavy atom. The zero-order valence-corrected chi connectivity index (χ0v) is 23.2. The third kappa shape index (κ3) is 6.31. The van der Waals surface area contributed by atoms with Gasteiger partial charge in [0.15, 0.2) is 21.3 Å². The number of rotatable bonds is 8.